The number of hydrogen-bond acceptors (Lipinski definition) is 15. The number of hydrogen-bond donors (Lipinski definition) is 2. The van der Waals surface area contributed by atoms with E-state index >= 15 is 0 Å². The number of ether oxygens (including phenoxy) is 5. The minimum Gasteiger partial charge on any atom is -0.493 e. The van der Waals surface area contributed by atoms with E-state index < -0.39 is 64.2 Å². The summed E-state index contributed by atoms with van der Waals surface area (Å²) in [4.78, 5) is 65.7. The predicted octanol–water partition coefficient (Wildman–Crippen LogP) is 4.62. The van der Waals surface area contributed by atoms with Crippen molar-refractivity contribution in [3.63, 3.8) is 0 Å². The number of nitriles is 2. The average molecular weight is 891 g/mol. The summed E-state index contributed by atoms with van der Waals surface area (Å²) in [5, 5.41) is 41.5. The summed E-state index contributed by atoms with van der Waals surface area (Å²) in [6.45, 7) is 5.72. The molecule has 6 saturated heterocycles. The topological polar surface area (TPSA) is 235 Å². The number of aliphatic hydroxyl groups excluding tert-OH is 2. The second-order valence-electron chi connectivity index (χ2n) is 18.3. The van der Waals surface area contributed by atoms with Crippen LogP contribution in [0.15, 0.2) is 79.1 Å². The number of benzene rings is 3. The highest BCUT2D eigenvalue weighted by molar-refractivity contribution is 6.27. The van der Waals surface area contributed by atoms with Crippen LogP contribution in [0.25, 0.3) is 21.8 Å². The number of anilines is 2. The van der Waals surface area contributed by atoms with E-state index in [0.717, 1.165) is 0 Å². The van der Waals surface area contributed by atoms with Gasteiger partial charge in [0.25, 0.3) is 0 Å². The molecule has 2 N–H and O–H groups in total. The van der Waals surface area contributed by atoms with Crippen LogP contribution in [0.2, 0.25) is 0 Å². The lowest BCUT2D eigenvalue weighted by Crippen LogP contribution is -2.49. The Bertz CT molecular complexity index is 3040. The number of amides is 4. The molecule has 0 radical (unpaired) electrons. The van der Waals surface area contributed by atoms with Gasteiger partial charge in [0.2, 0.25) is 30.4 Å². The van der Waals surface area contributed by atoms with Crippen molar-refractivity contribution in [1.82, 2.24) is 9.97 Å². The third-order valence-electron chi connectivity index (χ3n) is 15.2. The molecular weight excluding hydrogens is 849 g/mol. The molecule has 9 heterocycles. The van der Waals surface area contributed by atoms with Crippen LogP contribution < -0.4 is 24.0 Å². The Labute approximate surface area is 377 Å². The quantitative estimate of drug-likeness (QED) is 0.212. The maximum Gasteiger partial charge on any atom is 0.240 e. The summed E-state index contributed by atoms with van der Waals surface area (Å²) in [7, 11) is 0. The molecule has 3 aromatic carbocycles. The fraction of sp³-hybridized carbons (Fsp3) is 0.388. The van der Waals surface area contributed by atoms with E-state index in [9.17, 15) is 39.9 Å². The Morgan fingerprint density at radius 2 is 1.20 bits per heavy atom. The normalized spacial score (nSPS) is 33.0. The third-order valence-corrected chi connectivity index (χ3v) is 15.2. The van der Waals surface area contributed by atoms with Gasteiger partial charge in [-0.15, -0.1) is 0 Å². The van der Waals surface area contributed by atoms with E-state index in [2.05, 4.69) is 22.1 Å². The van der Waals surface area contributed by atoms with Gasteiger partial charge < -0.3 is 33.9 Å². The smallest absolute Gasteiger partial charge is 0.240 e. The molecule has 2 aromatic heterocycles. The molecule has 0 saturated carbocycles. The van der Waals surface area contributed by atoms with Crippen LogP contribution >= 0.6 is 0 Å². The number of carbonyl (C=O) groups is 4. The molecule has 7 aliphatic rings. The Hall–Kier alpha value is -7.02. The first kappa shape index (κ1) is 41.7. The molecule has 7 aliphatic heterocycles. The highest BCUT2D eigenvalue weighted by Crippen LogP contribution is 2.64. The molecule has 334 valence electrons. The van der Waals surface area contributed by atoms with Gasteiger partial charge in [-0.05, 0) is 80.9 Å². The van der Waals surface area contributed by atoms with Crippen molar-refractivity contribution in [1.29, 1.82) is 10.5 Å². The van der Waals surface area contributed by atoms with Gasteiger partial charge in [0.05, 0.1) is 87.2 Å². The molecule has 10 atom stereocenters. The van der Waals surface area contributed by atoms with Crippen molar-refractivity contribution >= 4 is 56.8 Å². The first-order valence-corrected chi connectivity index (χ1v) is 21.8. The van der Waals surface area contributed by atoms with E-state index in [1.165, 1.54) is 9.80 Å². The SMILES string of the molecule is CC[C@]12C[C@H](O)[C@](C)(O1)[C@@H]1C(=O)N(c3ccc(C#N)c4ncccc34)C(=O)[C@@H]12.C[C@]12O[C@](CCOc3ccc4c(c3)OCO4)(C[C@@H]1O)[C@H]1C(=O)N(c3ccc(C#N)c4ncccc34)C(=O)[C@H]12. The van der Waals surface area contributed by atoms with Crippen molar-refractivity contribution < 1.29 is 53.1 Å². The zero-order valence-electron chi connectivity index (χ0n) is 36.0. The minimum absolute atomic E-state index is 0.159. The maximum atomic E-state index is 14.0. The minimum atomic E-state index is -1.20. The monoisotopic (exact) mass is 890 g/mol. The first-order valence-electron chi connectivity index (χ1n) is 21.8. The number of imide groups is 2. The second-order valence-corrected chi connectivity index (χ2v) is 18.3. The molecule has 5 aromatic rings. The highest BCUT2D eigenvalue weighted by atomic mass is 16.7. The molecule has 12 rings (SSSR count). The van der Waals surface area contributed by atoms with Gasteiger partial charge in [-0.3, -0.25) is 29.1 Å². The van der Waals surface area contributed by atoms with Crippen LogP contribution in [0.1, 0.15) is 57.6 Å². The molecule has 66 heavy (non-hydrogen) atoms. The lowest BCUT2D eigenvalue weighted by Gasteiger charge is -2.33. The van der Waals surface area contributed by atoms with Crippen molar-refractivity contribution in [3.8, 4) is 29.4 Å². The summed E-state index contributed by atoms with van der Waals surface area (Å²) < 4.78 is 29.2. The van der Waals surface area contributed by atoms with Crippen LogP contribution in [-0.4, -0.2) is 91.8 Å². The lowest BCUT2D eigenvalue weighted by atomic mass is 9.66. The Morgan fingerprint density at radius 3 is 1.74 bits per heavy atom. The Balaban J connectivity index is 0.000000153. The fourth-order valence-electron chi connectivity index (χ4n) is 12.0. The number of carbonyl (C=O) groups excluding carboxylic acids is 4. The van der Waals surface area contributed by atoms with Gasteiger partial charge in [-0.1, -0.05) is 6.92 Å². The molecule has 6 fully saturated rings. The number of aliphatic hydroxyl groups is 2. The zero-order chi connectivity index (χ0) is 46.1. The van der Waals surface area contributed by atoms with Gasteiger partial charge >= 0.3 is 0 Å². The van der Waals surface area contributed by atoms with Gasteiger partial charge in [-0.25, -0.2) is 9.80 Å². The summed E-state index contributed by atoms with van der Waals surface area (Å²) >= 11 is 0. The first-order chi connectivity index (χ1) is 31.7. The summed E-state index contributed by atoms with van der Waals surface area (Å²) in [5.41, 5.74) is -1.73. The standard InChI is InChI=1S/C28H23N3O7.C21H19N3O4/c1-27-21(32)12-28(38-27,8-10-35-16-5-7-19-20(11-16)37-14-36-19)23-22(27)25(33)31(26(23)34)18-6-4-15(13-29)24-17(18)3-2-9-30-24;1-3-21-9-14(25)20(2,28-21)15-16(21)19(27)24(18(15)26)13-7-6-11(10-22)17-12(13)5-4-8-23-17/h2-7,9,11,21-23,32H,8,10,12,14H2,1H3;4-8,14-16,25H,3,9H2,1-2H3/t21-,22-,23+,27-,28+;14-,15-,16+,20-,21+/m00/s1. The summed E-state index contributed by atoms with van der Waals surface area (Å²) in [6.07, 6.45) is 2.86. The van der Waals surface area contributed by atoms with Gasteiger partial charge in [0, 0.05) is 48.5 Å². The maximum absolute atomic E-state index is 14.0. The van der Waals surface area contributed by atoms with E-state index in [0.29, 0.717) is 80.8 Å². The van der Waals surface area contributed by atoms with Crippen LogP contribution in [-0.2, 0) is 28.7 Å². The average Bonchev–Trinajstić information content (AvgIpc) is 4.16. The molecular formula is C49H42N6O11. The van der Waals surface area contributed by atoms with E-state index in [-0.39, 0.29) is 37.5 Å². The van der Waals surface area contributed by atoms with Crippen molar-refractivity contribution in [2.45, 2.75) is 81.1 Å². The van der Waals surface area contributed by atoms with Crippen LogP contribution in [0.3, 0.4) is 0 Å². The molecule has 0 aliphatic carbocycles. The summed E-state index contributed by atoms with van der Waals surface area (Å²) in [5.74, 6) is -2.59. The number of pyridine rings is 2. The Morgan fingerprint density at radius 1 is 0.697 bits per heavy atom. The predicted molar refractivity (Wildman–Crippen MR) is 231 cm³/mol. The Kier molecular flexibility index (Phi) is 9.15. The summed E-state index contributed by atoms with van der Waals surface area (Å²) in [6, 6.07) is 22.8. The molecule has 17 nitrogen and oxygen atoms in total. The van der Waals surface area contributed by atoms with E-state index in [1.54, 1.807) is 93.0 Å². The zero-order valence-corrected chi connectivity index (χ0v) is 36.0. The van der Waals surface area contributed by atoms with Crippen molar-refractivity contribution in [3.05, 3.63) is 90.3 Å². The van der Waals surface area contributed by atoms with E-state index in [4.69, 9.17) is 23.7 Å². The molecule has 4 bridgehead atoms. The van der Waals surface area contributed by atoms with Crippen LogP contribution in [0.4, 0.5) is 11.4 Å². The molecule has 0 spiro atoms. The van der Waals surface area contributed by atoms with Gasteiger partial charge in [-0.2, -0.15) is 10.5 Å². The van der Waals surface area contributed by atoms with Crippen molar-refractivity contribution in [2.75, 3.05) is 23.2 Å². The third kappa shape index (κ3) is 5.51. The molecule has 4 amide bonds. The number of aromatic nitrogens is 2. The molecule has 17 heteroatoms. The molecule has 0 unspecified atom stereocenters. The number of rotatable bonds is 7. The fourth-order valence-corrected chi connectivity index (χ4v) is 12.0. The van der Waals surface area contributed by atoms with Crippen molar-refractivity contribution in [2.24, 2.45) is 23.7 Å². The van der Waals surface area contributed by atoms with E-state index in [1.807, 2.05) is 6.92 Å². The number of nitrogens with zero attached hydrogens (tertiary/aromatic N) is 6. The largest absolute Gasteiger partial charge is 0.493 e. The lowest BCUT2D eigenvalue weighted by molar-refractivity contribution is -0.135. The highest BCUT2D eigenvalue weighted by Gasteiger charge is 2.78. The number of fused-ring (bicyclic) bond motifs is 13. The van der Waals surface area contributed by atoms with Crippen LogP contribution in [0, 0.1) is 46.3 Å². The van der Waals surface area contributed by atoms with Gasteiger partial charge in [0.15, 0.2) is 11.5 Å². The van der Waals surface area contributed by atoms with Gasteiger partial charge in [0.1, 0.15) is 29.1 Å². The second kappa shape index (κ2) is 14.5. The van der Waals surface area contributed by atoms with Crippen LogP contribution in [0.5, 0.6) is 17.2 Å².